The number of nitrogens with one attached hydrogen (secondary N) is 1. The summed E-state index contributed by atoms with van der Waals surface area (Å²) >= 11 is 0. The van der Waals surface area contributed by atoms with E-state index in [1.807, 2.05) is 5.32 Å². The highest BCUT2D eigenvalue weighted by atomic mass is 19.4. The van der Waals surface area contributed by atoms with Crippen LogP contribution in [0.25, 0.3) is 0 Å². The topological polar surface area (TPSA) is 49.4 Å². The van der Waals surface area contributed by atoms with Gasteiger partial charge in [-0.25, -0.2) is 9.69 Å². The molecule has 1 atom stereocenters. The fourth-order valence-electron chi connectivity index (χ4n) is 1.25. The van der Waals surface area contributed by atoms with Gasteiger partial charge < -0.3 is 10.1 Å². The minimum Gasteiger partial charge on any atom is -0.328 e. The molecule has 0 aliphatic carbocycles. The number of hydrogen-bond acceptors (Lipinski definition) is 2. The molecule has 1 aromatic rings. The average molecular weight is 260 g/mol. The van der Waals surface area contributed by atoms with E-state index in [0.717, 1.165) is 12.1 Å². The van der Waals surface area contributed by atoms with Crippen LogP contribution < -0.4 is 10.2 Å². The second kappa shape index (κ2) is 5.52. The molecular formula is C11H11F3N2O2. The molecule has 1 rings (SSSR count). The molecule has 0 bridgehead atoms. The van der Waals surface area contributed by atoms with Crippen molar-refractivity contribution in [1.29, 1.82) is 0 Å². The second-order valence-electron chi connectivity index (χ2n) is 3.51. The molecule has 18 heavy (non-hydrogen) atoms. The number of nitrogens with zero attached hydrogens (tertiary/aromatic N) is 1. The summed E-state index contributed by atoms with van der Waals surface area (Å²) in [6.45, 7) is 1.28. The molecule has 0 radical (unpaired) electrons. The van der Waals surface area contributed by atoms with Crippen molar-refractivity contribution in [1.82, 2.24) is 5.32 Å². The molecule has 1 N–H and O–H groups in total. The van der Waals surface area contributed by atoms with Gasteiger partial charge in [0, 0.05) is 0 Å². The van der Waals surface area contributed by atoms with Crippen molar-refractivity contribution in [2.24, 2.45) is 0 Å². The summed E-state index contributed by atoms with van der Waals surface area (Å²) in [4.78, 5) is 21.5. The van der Waals surface area contributed by atoms with Crippen LogP contribution in [-0.4, -0.2) is 24.7 Å². The van der Waals surface area contributed by atoms with E-state index in [2.05, 4.69) is 0 Å². The van der Waals surface area contributed by atoms with Crippen molar-refractivity contribution in [2.75, 3.05) is 4.90 Å². The largest absolute Gasteiger partial charge is 0.493 e. The predicted molar refractivity (Wildman–Crippen MR) is 59.0 cm³/mol. The van der Waals surface area contributed by atoms with E-state index in [-0.39, 0.29) is 10.6 Å². The average Bonchev–Trinajstić information content (AvgIpc) is 2.28. The Kier molecular flexibility index (Phi) is 4.30. The van der Waals surface area contributed by atoms with Crippen LogP contribution in [0.3, 0.4) is 0 Å². The fraction of sp³-hybridized carbons (Fsp3) is 0.273. The Balaban J connectivity index is 3.01. The lowest BCUT2D eigenvalue weighted by atomic mass is 10.3. The van der Waals surface area contributed by atoms with Gasteiger partial charge in [-0.3, -0.25) is 0 Å². The summed E-state index contributed by atoms with van der Waals surface area (Å²) < 4.78 is 38.4. The predicted octanol–water partition coefficient (Wildman–Crippen LogP) is 2.31. The first-order chi connectivity index (χ1) is 8.36. The normalized spacial score (nSPS) is 12.7. The number of carbonyl (C=O) groups is 2. The Morgan fingerprint density at radius 1 is 1.33 bits per heavy atom. The highest BCUT2D eigenvalue weighted by Gasteiger charge is 2.42. The van der Waals surface area contributed by atoms with Gasteiger partial charge in [-0.2, -0.15) is 0 Å². The van der Waals surface area contributed by atoms with Gasteiger partial charge in [-0.15, -0.1) is 13.2 Å². The van der Waals surface area contributed by atoms with E-state index in [4.69, 9.17) is 0 Å². The van der Waals surface area contributed by atoms with E-state index in [1.54, 1.807) is 0 Å². The summed E-state index contributed by atoms with van der Waals surface area (Å²) in [5.41, 5.74) is -0.319. The van der Waals surface area contributed by atoms with Crippen LogP contribution in [0.2, 0.25) is 0 Å². The molecular weight excluding hydrogens is 249 g/mol. The maximum atomic E-state index is 12.8. The number of alkyl halides is 3. The zero-order valence-electron chi connectivity index (χ0n) is 9.44. The molecule has 7 heteroatoms. The van der Waals surface area contributed by atoms with Gasteiger partial charge in [0.2, 0.25) is 0 Å². The first kappa shape index (κ1) is 14.0. The number of rotatable bonds is 3. The van der Waals surface area contributed by atoms with Crippen LogP contribution >= 0.6 is 0 Å². The zero-order valence-corrected chi connectivity index (χ0v) is 9.44. The van der Waals surface area contributed by atoms with E-state index in [9.17, 15) is 22.8 Å². The highest BCUT2D eigenvalue weighted by Crippen LogP contribution is 2.28. The number of halogens is 3. The van der Waals surface area contributed by atoms with Crippen molar-refractivity contribution < 1.29 is 22.8 Å². The molecule has 0 aliphatic rings. The third kappa shape index (κ3) is 3.47. The third-order valence-electron chi connectivity index (χ3n) is 2.03. The minimum atomic E-state index is -4.87. The van der Waals surface area contributed by atoms with Gasteiger partial charge in [0.1, 0.15) is 6.29 Å². The minimum absolute atomic E-state index is 0.319. The molecule has 0 saturated carbocycles. The van der Waals surface area contributed by atoms with Crippen LogP contribution in [0.4, 0.5) is 23.7 Å². The van der Waals surface area contributed by atoms with Gasteiger partial charge in [0.25, 0.3) is 0 Å². The van der Waals surface area contributed by atoms with Crippen molar-refractivity contribution in [3.8, 4) is 0 Å². The molecule has 0 saturated heterocycles. The van der Waals surface area contributed by atoms with Crippen molar-refractivity contribution in [3.63, 3.8) is 0 Å². The second-order valence-corrected chi connectivity index (χ2v) is 3.51. The number of anilines is 1. The Bertz CT molecular complexity index is 420. The lowest BCUT2D eigenvalue weighted by Crippen LogP contribution is -2.51. The maximum absolute atomic E-state index is 12.8. The molecule has 0 aromatic heterocycles. The number of para-hydroxylation sites is 1. The Labute approximate surface area is 101 Å². The van der Waals surface area contributed by atoms with Gasteiger partial charge in [0.15, 0.2) is 0 Å². The van der Waals surface area contributed by atoms with Gasteiger partial charge in [-0.1, -0.05) is 18.2 Å². The Morgan fingerprint density at radius 3 is 2.33 bits per heavy atom. The van der Waals surface area contributed by atoms with Gasteiger partial charge in [-0.05, 0) is 19.1 Å². The van der Waals surface area contributed by atoms with Crippen LogP contribution in [0.1, 0.15) is 6.92 Å². The monoisotopic (exact) mass is 260 g/mol. The number of hydrogen-bond donors (Lipinski definition) is 1. The number of aldehydes is 1. The van der Waals surface area contributed by atoms with Crippen molar-refractivity contribution in [3.05, 3.63) is 30.3 Å². The van der Waals surface area contributed by atoms with Crippen LogP contribution in [0.15, 0.2) is 30.3 Å². The highest BCUT2D eigenvalue weighted by molar-refractivity contribution is 5.93. The summed E-state index contributed by atoms with van der Waals surface area (Å²) in [6.07, 6.45) is -4.52. The van der Waals surface area contributed by atoms with E-state index >= 15 is 0 Å². The van der Waals surface area contributed by atoms with Gasteiger partial charge >= 0.3 is 12.3 Å². The molecule has 1 unspecified atom stereocenters. The van der Waals surface area contributed by atoms with Crippen LogP contribution in [0.5, 0.6) is 0 Å². The lowest BCUT2D eigenvalue weighted by molar-refractivity contribution is -0.122. The smallest absolute Gasteiger partial charge is 0.328 e. The van der Waals surface area contributed by atoms with E-state index in [1.165, 1.54) is 25.1 Å². The Morgan fingerprint density at radius 2 is 1.89 bits per heavy atom. The maximum Gasteiger partial charge on any atom is 0.493 e. The molecule has 0 heterocycles. The molecule has 0 fully saturated rings. The van der Waals surface area contributed by atoms with E-state index < -0.39 is 18.4 Å². The summed E-state index contributed by atoms with van der Waals surface area (Å²) in [5.74, 6) is 0. The number of urea groups is 1. The van der Waals surface area contributed by atoms with E-state index in [0.29, 0.717) is 6.29 Å². The number of carbonyl (C=O) groups excluding carboxylic acids is 2. The number of amides is 2. The summed E-state index contributed by atoms with van der Waals surface area (Å²) in [7, 11) is 0. The molecule has 0 spiro atoms. The third-order valence-corrected chi connectivity index (χ3v) is 2.03. The number of benzene rings is 1. The summed E-state index contributed by atoms with van der Waals surface area (Å²) in [5, 5.41) is 1.93. The quantitative estimate of drug-likeness (QED) is 0.669. The van der Waals surface area contributed by atoms with Crippen molar-refractivity contribution in [2.45, 2.75) is 19.3 Å². The Hall–Kier alpha value is -2.05. The molecule has 4 nitrogen and oxygen atoms in total. The molecule has 0 aliphatic heterocycles. The van der Waals surface area contributed by atoms with Gasteiger partial charge in [0.05, 0.1) is 11.7 Å². The molecule has 98 valence electrons. The lowest BCUT2D eigenvalue weighted by Gasteiger charge is -2.25. The standard InChI is InChI=1S/C11H11F3N2O2/c1-8(7-17)15-10(18)16(11(12,13)14)9-5-3-2-4-6-9/h2-8H,1H3,(H,15,18). The fourth-order valence-corrected chi connectivity index (χ4v) is 1.25. The summed E-state index contributed by atoms with van der Waals surface area (Å²) in [6, 6.07) is 4.20. The first-order valence-electron chi connectivity index (χ1n) is 5.04. The van der Waals surface area contributed by atoms with Crippen LogP contribution in [-0.2, 0) is 4.79 Å². The zero-order chi connectivity index (χ0) is 13.8. The van der Waals surface area contributed by atoms with Crippen molar-refractivity contribution >= 4 is 18.0 Å². The van der Waals surface area contributed by atoms with Crippen LogP contribution in [0, 0.1) is 0 Å². The SMILES string of the molecule is CC(C=O)NC(=O)N(c1ccccc1)C(F)(F)F. The molecule has 2 amide bonds. The first-order valence-corrected chi connectivity index (χ1v) is 5.04. The molecule has 1 aromatic carbocycles.